The van der Waals surface area contributed by atoms with Crippen LogP contribution in [-0.4, -0.2) is 19.7 Å². The van der Waals surface area contributed by atoms with Gasteiger partial charge in [-0.25, -0.2) is 0 Å². The van der Waals surface area contributed by atoms with Crippen molar-refractivity contribution in [2.24, 2.45) is 0 Å². The zero-order chi connectivity index (χ0) is 24.8. The molecule has 3 aromatic rings. The molecule has 0 spiro atoms. The van der Waals surface area contributed by atoms with Crippen LogP contribution in [-0.2, 0) is 11.0 Å². The molecule has 1 saturated heterocycles. The van der Waals surface area contributed by atoms with E-state index in [1.54, 1.807) is 36.6 Å². The Bertz CT molecular complexity index is 1360. The van der Waals surface area contributed by atoms with Crippen molar-refractivity contribution in [3.05, 3.63) is 92.1 Å². The fraction of sp³-hybridized carbons (Fsp3) is 0.130. The van der Waals surface area contributed by atoms with Crippen LogP contribution in [0.1, 0.15) is 22.5 Å². The van der Waals surface area contributed by atoms with Crippen molar-refractivity contribution in [3.8, 4) is 5.69 Å². The van der Waals surface area contributed by atoms with Crippen molar-refractivity contribution in [1.82, 2.24) is 4.57 Å². The van der Waals surface area contributed by atoms with Crippen LogP contribution >= 0.6 is 24.0 Å². The minimum absolute atomic E-state index is 0.105. The van der Waals surface area contributed by atoms with Crippen molar-refractivity contribution >= 4 is 51.7 Å². The molecule has 0 unspecified atom stereocenters. The summed E-state index contributed by atoms with van der Waals surface area (Å²) in [6, 6.07) is 12.3. The number of nitro groups is 1. The molecule has 1 aliphatic rings. The first kappa shape index (κ1) is 23.7. The Morgan fingerprint density at radius 3 is 2.35 bits per heavy atom. The topological polar surface area (TPSA) is 68.4 Å². The van der Waals surface area contributed by atoms with E-state index in [9.17, 15) is 28.1 Å². The van der Waals surface area contributed by atoms with Crippen LogP contribution in [0.4, 0.5) is 24.5 Å². The number of thiocarbonyl (C=S) groups is 1. The molecule has 0 radical (unpaired) electrons. The highest BCUT2D eigenvalue weighted by Gasteiger charge is 2.34. The van der Waals surface area contributed by atoms with Crippen LogP contribution < -0.4 is 4.90 Å². The zero-order valence-electron chi connectivity index (χ0n) is 17.8. The van der Waals surface area contributed by atoms with Gasteiger partial charge in [0.25, 0.3) is 11.6 Å². The summed E-state index contributed by atoms with van der Waals surface area (Å²) in [5.74, 6) is -0.382. The minimum Gasteiger partial charge on any atom is -0.318 e. The summed E-state index contributed by atoms with van der Waals surface area (Å²) in [6.45, 7) is 3.53. The summed E-state index contributed by atoms with van der Waals surface area (Å²) >= 11 is 6.43. The summed E-state index contributed by atoms with van der Waals surface area (Å²) in [5, 5.41) is 10.9. The molecule has 1 aromatic heterocycles. The molecular formula is C23H16F3N3O3S2. The summed E-state index contributed by atoms with van der Waals surface area (Å²) in [7, 11) is 0. The number of anilines is 1. The predicted octanol–water partition coefficient (Wildman–Crippen LogP) is 6.43. The van der Waals surface area contributed by atoms with Gasteiger partial charge in [-0.15, -0.1) is 0 Å². The quantitative estimate of drug-likeness (QED) is 0.178. The third-order valence-electron chi connectivity index (χ3n) is 5.30. The Hall–Kier alpha value is -3.44. The number of carbonyl (C=O) groups is 1. The van der Waals surface area contributed by atoms with Crippen molar-refractivity contribution in [1.29, 1.82) is 0 Å². The third-order valence-corrected chi connectivity index (χ3v) is 6.60. The average Bonchev–Trinajstić information content (AvgIpc) is 3.21. The average molecular weight is 504 g/mol. The van der Waals surface area contributed by atoms with Gasteiger partial charge in [0.05, 0.1) is 21.1 Å². The molecule has 0 saturated carbocycles. The molecule has 0 N–H and O–H groups in total. The fourth-order valence-electron chi connectivity index (χ4n) is 3.71. The lowest BCUT2D eigenvalue weighted by atomic mass is 10.2. The SMILES string of the molecule is Cc1cc(C=C2SC(=S)N(c3ccc([N+](=O)[O-])cc3)C2=O)c(C)n1-c1cccc(C(F)(F)F)c1. The normalized spacial score (nSPS) is 15.4. The molecular weight excluding hydrogens is 487 g/mol. The van der Waals surface area contributed by atoms with Gasteiger partial charge in [0.15, 0.2) is 4.32 Å². The minimum atomic E-state index is -4.46. The Balaban J connectivity index is 1.67. The zero-order valence-corrected chi connectivity index (χ0v) is 19.4. The van der Waals surface area contributed by atoms with Gasteiger partial charge in [-0.1, -0.05) is 30.0 Å². The summed E-state index contributed by atoms with van der Waals surface area (Å²) in [4.78, 5) is 25.0. The second-order valence-electron chi connectivity index (χ2n) is 7.50. The molecule has 174 valence electrons. The molecule has 0 aliphatic carbocycles. The number of alkyl halides is 3. The monoisotopic (exact) mass is 503 g/mol. The summed E-state index contributed by atoms with van der Waals surface area (Å²) < 4.78 is 41.5. The van der Waals surface area contributed by atoms with Gasteiger partial charge in [-0.05, 0) is 61.9 Å². The molecule has 1 amide bonds. The van der Waals surface area contributed by atoms with Crippen LogP contribution in [0.5, 0.6) is 0 Å². The maximum Gasteiger partial charge on any atom is 0.416 e. The van der Waals surface area contributed by atoms with Gasteiger partial charge in [0.1, 0.15) is 0 Å². The van der Waals surface area contributed by atoms with Gasteiger partial charge >= 0.3 is 6.18 Å². The van der Waals surface area contributed by atoms with E-state index in [0.717, 1.165) is 23.9 Å². The largest absolute Gasteiger partial charge is 0.416 e. The van der Waals surface area contributed by atoms with Gasteiger partial charge in [-0.2, -0.15) is 13.2 Å². The molecule has 11 heteroatoms. The second-order valence-corrected chi connectivity index (χ2v) is 9.18. The van der Waals surface area contributed by atoms with Gasteiger partial charge in [0, 0.05) is 29.2 Å². The highest BCUT2D eigenvalue weighted by atomic mass is 32.2. The lowest BCUT2D eigenvalue weighted by molar-refractivity contribution is -0.384. The van der Waals surface area contributed by atoms with E-state index in [1.807, 2.05) is 0 Å². The molecule has 2 heterocycles. The number of rotatable bonds is 4. The first-order valence-electron chi connectivity index (χ1n) is 9.86. The first-order chi connectivity index (χ1) is 16.0. The van der Waals surface area contributed by atoms with E-state index < -0.39 is 16.7 Å². The van der Waals surface area contributed by atoms with Gasteiger partial charge in [0.2, 0.25) is 0 Å². The van der Waals surface area contributed by atoms with E-state index in [2.05, 4.69) is 0 Å². The molecule has 1 aliphatic heterocycles. The van der Waals surface area contributed by atoms with Crippen LogP contribution in [0.3, 0.4) is 0 Å². The van der Waals surface area contributed by atoms with Crippen LogP contribution in [0, 0.1) is 24.0 Å². The molecule has 4 rings (SSSR count). The number of nitro benzene ring substituents is 1. The van der Waals surface area contributed by atoms with E-state index in [1.165, 1.54) is 35.2 Å². The lowest BCUT2D eigenvalue weighted by Crippen LogP contribution is -2.27. The Labute approximate surface area is 201 Å². The van der Waals surface area contributed by atoms with E-state index in [-0.39, 0.29) is 15.9 Å². The van der Waals surface area contributed by atoms with Crippen molar-refractivity contribution in [3.63, 3.8) is 0 Å². The molecule has 0 bridgehead atoms. The fourth-order valence-corrected chi connectivity index (χ4v) is 5.00. The van der Waals surface area contributed by atoms with E-state index in [0.29, 0.717) is 33.2 Å². The highest BCUT2D eigenvalue weighted by molar-refractivity contribution is 8.27. The van der Waals surface area contributed by atoms with Crippen LogP contribution in [0.15, 0.2) is 59.5 Å². The van der Waals surface area contributed by atoms with Crippen molar-refractivity contribution < 1.29 is 22.9 Å². The number of hydrogen-bond acceptors (Lipinski definition) is 5. The number of carbonyl (C=O) groups excluding carboxylic acids is 1. The number of amides is 1. The van der Waals surface area contributed by atoms with Crippen LogP contribution in [0.25, 0.3) is 11.8 Å². The first-order valence-corrected chi connectivity index (χ1v) is 11.1. The number of hydrogen-bond donors (Lipinski definition) is 0. The molecule has 34 heavy (non-hydrogen) atoms. The summed E-state index contributed by atoms with van der Waals surface area (Å²) in [5.41, 5.74) is 1.95. The van der Waals surface area contributed by atoms with Gasteiger partial charge < -0.3 is 4.57 Å². The standard InChI is InChI=1S/C23H16F3N3O3S2/c1-13-10-15(14(2)27(13)19-5-3-4-16(12-19)23(24,25)26)11-20-21(30)28(22(33)34-20)17-6-8-18(9-7-17)29(31)32/h3-12H,1-2H3. The van der Waals surface area contributed by atoms with Gasteiger partial charge in [-0.3, -0.25) is 19.8 Å². The number of non-ortho nitro benzene ring substituents is 1. The highest BCUT2D eigenvalue weighted by Crippen LogP contribution is 2.38. The Kier molecular flexibility index (Phi) is 6.09. The molecule has 1 fully saturated rings. The Morgan fingerprint density at radius 2 is 1.74 bits per heavy atom. The molecule has 6 nitrogen and oxygen atoms in total. The third kappa shape index (κ3) is 4.36. The summed E-state index contributed by atoms with van der Waals surface area (Å²) in [6.07, 6.45) is -2.81. The van der Waals surface area contributed by atoms with Crippen LogP contribution in [0.2, 0.25) is 0 Å². The maximum absolute atomic E-state index is 13.2. The predicted molar refractivity (Wildman–Crippen MR) is 129 cm³/mol. The lowest BCUT2D eigenvalue weighted by Gasteiger charge is -2.14. The number of nitrogens with zero attached hydrogens (tertiary/aromatic N) is 3. The number of thioether (sulfide) groups is 1. The number of aryl methyl sites for hydroxylation is 1. The van der Waals surface area contributed by atoms with E-state index >= 15 is 0 Å². The smallest absolute Gasteiger partial charge is 0.318 e. The van der Waals surface area contributed by atoms with Crippen molar-refractivity contribution in [2.75, 3.05) is 4.90 Å². The maximum atomic E-state index is 13.2. The number of aromatic nitrogens is 1. The molecule has 0 atom stereocenters. The molecule has 2 aromatic carbocycles. The second kappa shape index (κ2) is 8.73. The Morgan fingerprint density at radius 1 is 1.06 bits per heavy atom. The van der Waals surface area contributed by atoms with Crippen molar-refractivity contribution in [2.45, 2.75) is 20.0 Å². The number of benzene rings is 2. The number of halogens is 3. The van der Waals surface area contributed by atoms with E-state index in [4.69, 9.17) is 12.2 Å².